The van der Waals surface area contributed by atoms with Gasteiger partial charge >= 0.3 is 10.3 Å². The lowest BCUT2D eigenvalue weighted by molar-refractivity contribution is 0.128. The predicted octanol–water partition coefficient (Wildman–Crippen LogP) is 3.32. The van der Waals surface area contributed by atoms with E-state index >= 15 is 0 Å². The van der Waals surface area contributed by atoms with Gasteiger partial charge in [-0.3, -0.25) is 4.18 Å². The standard InChI is InChI=1S/C19H18ClF2NO5S2/c20-13-1-4-15(5-2-13)29(24,25)19(16-9-14(21)3-6-17(16)22)8-7-18-12(10-19)11-28-30(26,27)23-18/h1-6,9,12,18,23H,7-8,10-11H2/t12-,18-,19+/m0/s1. The molecule has 2 aromatic carbocycles. The molecule has 2 aliphatic rings. The van der Waals surface area contributed by atoms with Crippen LogP contribution in [0.5, 0.6) is 0 Å². The third-order valence-corrected chi connectivity index (χ3v) is 9.61. The lowest BCUT2D eigenvalue weighted by Gasteiger charge is -2.45. The molecule has 0 spiro atoms. The van der Waals surface area contributed by atoms with Gasteiger partial charge in [0.25, 0.3) is 0 Å². The van der Waals surface area contributed by atoms with Gasteiger partial charge in [0.2, 0.25) is 0 Å². The van der Waals surface area contributed by atoms with E-state index < -0.39 is 48.5 Å². The van der Waals surface area contributed by atoms with Crippen molar-refractivity contribution in [1.29, 1.82) is 0 Å². The van der Waals surface area contributed by atoms with Crippen molar-refractivity contribution in [3.05, 3.63) is 64.7 Å². The molecule has 0 amide bonds. The summed E-state index contributed by atoms with van der Waals surface area (Å²) in [4.78, 5) is -0.0775. The zero-order valence-corrected chi connectivity index (χ0v) is 17.9. The average molecular weight is 478 g/mol. The van der Waals surface area contributed by atoms with Crippen LogP contribution >= 0.6 is 11.6 Å². The topological polar surface area (TPSA) is 89.5 Å². The molecular weight excluding hydrogens is 460 g/mol. The second-order valence-electron chi connectivity index (χ2n) is 7.54. The Kier molecular flexibility index (Phi) is 5.43. The molecule has 3 atom stereocenters. The van der Waals surface area contributed by atoms with E-state index in [1.807, 2.05) is 0 Å². The number of halogens is 3. The molecule has 1 aliphatic carbocycles. The highest BCUT2D eigenvalue weighted by atomic mass is 35.5. The first-order valence-corrected chi connectivity index (χ1v) is 12.4. The first-order valence-electron chi connectivity index (χ1n) is 9.16. The van der Waals surface area contributed by atoms with E-state index in [1.165, 1.54) is 24.3 Å². The molecule has 6 nitrogen and oxygen atoms in total. The molecule has 0 aromatic heterocycles. The largest absolute Gasteiger partial charge is 0.336 e. The fraction of sp³-hybridized carbons (Fsp3) is 0.368. The van der Waals surface area contributed by atoms with Crippen LogP contribution in [0.1, 0.15) is 24.8 Å². The van der Waals surface area contributed by atoms with Crippen molar-refractivity contribution in [3.63, 3.8) is 0 Å². The SMILES string of the molecule is O=S1(=O)N[C@H]2CC[C@@](c3cc(F)ccc3F)(S(=O)(=O)c3ccc(Cl)cc3)C[C@H]2CO1. The van der Waals surface area contributed by atoms with Gasteiger partial charge in [0, 0.05) is 22.5 Å². The number of benzene rings is 2. The second-order valence-corrected chi connectivity index (χ2v) is 11.6. The molecule has 2 aromatic rings. The number of sulfone groups is 1. The predicted molar refractivity (Wildman–Crippen MR) is 106 cm³/mol. The maximum Gasteiger partial charge on any atom is 0.336 e. The summed E-state index contributed by atoms with van der Waals surface area (Å²) in [7, 11) is -8.12. The Hall–Kier alpha value is -1.59. The molecule has 162 valence electrons. The van der Waals surface area contributed by atoms with E-state index in [0.717, 1.165) is 18.2 Å². The fourth-order valence-corrected chi connectivity index (χ4v) is 7.78. The number of hydrogen-bond donors (Lipinski definition) is 1. The van der Waals surface area contributed by atoms with Crippen LogP contribution < -0.4 is 4.72 Å². The van der Waals surface area contributed by atoms with Crippen LogP contribution in [0.2, 0.25) is 5.02 Å². The smallest absolute Gasteiger partial charge is 0.258 e. The Bertz CT molecular complexity index is 1190. The third-order valence-electron chi connectivity index (χ3n) is 5.81. The molecule has 1 aliphatic heterocycles. The molecule has 2 fully saturated rings. The normalized spacial score (nSPS) is 28.6. The van der Waals surface area contributed by atoms with E-state index in [0.29, 0.717) is 5.02 Å². The van der Waals surface area contributed by atoms with Crippen molar-refractivity contribution < 1.29 is 29.8 Å². The molecule has 0 unspecified atom stereocenters. The number of fused-ring (bicyclic) bond motifs is 1. The van der Waals surface area contributed by atoms with Crippen LogP contribution in [0.4, 0.5) is 8.78 Å². The van der Waals surface area contributed by atoms with Gasteiger partial charge in [-0.1, -0.05) is 11.6 Å². The third kappa shape index (κ3) is 3.64. The summed E-state index contributed by atoms with van der Waals surface area (Å²) in [6.45, 7) is -0.241. The first-order chi connectivity index (χ1) is 14.0. The molecule has 30 heavy (non-hydrogen) atoms. The number of nitrogens with one attached hydrogen (secondary N) is 1. The molecule has 4 rings (SSSR count). The van der Waals surface area contributed by atoms with Crippen LogP contribution in [0, 0.1) is 17.6 Å². The van der Waals surface area contributed by atoms with E-state index in [-0.39, 0.29) is 36.3 Å². The summed E-state index contributed by atoms with van der Waals surface area (Å²) in [5, 5.41) is 0.332. The average Bonchev–Trinajstić information content (AvgIpc) is 2.69. The highest BCUT2D eigenvalue weighted by molar-refractivity contribution is 7.92. The Morgan fingerprint density at radius 1 is 1.13 bits per heavy atom. The van der Waals surface area contributed by atoms with Gasteiger partial charge in [-0.05, 0) is 61.7 Å². The summed E-state index contributed by atoms with van der Waals surface area (Å²) >= 11 is 5.88. The van der Waals surface area contributed by atoms with Gasteiger partial charge in [-0.2, -0.15) is 13.1 Å². The van der Waals surface area contributed by atoms with Gasteiger partial charge in [0.05, 0.1) is 11.5 Å². The van der Waals surface area contributed by atoms with Crippen molar-refractivity contribution in [2.75, 3.05) is 6.61 Å². The second kappa shape index (κ2) is 7.52. The van der Waals surface area contributed by atoms with Crippen LogP contribution in [0.15, 0.2) is 47.4 Å². The van der Waals surface area contributed by atoms with Crippen LogP contribution in [0.3, 0.4) is 0 Å². The summed E-state index contributed by atoms with van der Waals surface area (Å²) in [6, 6.07) is 7.64. The van der Waals surface area contributed by atoms with Crippen LogP contribution in [0.25, 0.3) is 0 Å². The molecule has 0 bridgehead atoms. The summed E-state index contributed by atoms with van der Waals surface area (Å²) in [6.07, 6.45) is -0.108. The van der Waals surface area contributed by atoms with Crippen LogP contribution in [-0.4, -0.2) is 29.5 Å². The summed E-state index contributed by atoms with van der Waals surface area (Å²) in [5.41, 5.74) is -0.274. The molecule has 0 radical (unpaired) electrons. The zero-order valence-electron chi connectivity index (χ0n) is 15.5. The highest BCUT2D eigenvalue weighted by Gasteiger charge is 2.54. The van der Waals surface area contributed by atoms with Gasteiger partial charge in [-0.15, -0.1) is 0 Å². The minimum absolute atomic E-state index is 0.0775. The summed E-state index contributed by atoms with van der Waals surface area (Å²) < 4.78 is 85.3. The minimum Gasteiger partial charge on any atom is -0.258 e. The van der Waals surface area contributed by atoms with Crippen molar-refractivity contribution in [1.82, 2.24) is 4.72 Å². The maximum atomic E-state index is 14.9. The zero-order chi connectivity index (χ0) is 21.7. The Balaban J connectivity index is 1.87. The van der Waals surface area contributed by atoms with Crippen molar-refractivity contribution in [3.8, 4) is 0 Å². The van der Waals surface area contributed by atoms with Gasteiger partial charge in [0.15, 0.2) is 9.84 Å². The van der Waals surface area contributed by atoms with Crippen molar-refractivity contribution in [2.45, 2.75) is 34.9 Å². The number of hydrogen-bond acceptors (Lipinski definition) is 5. The van der Waals surface area contributed by atoms with E-state index in [2.05, 4.69) is 4.72 Å². The monoisotopic (exact) mass is 477 g/mol. The van der Waals surface area contributed by atoms with E-state index in [4.69, 9.17) is 15.8 Å². The van der Waals surface area contributed by atoms with Gasteiger partial charge in [0.1, 0.15) is 16.4 Å². The van der Waals surface area contributed by atoms with Gasteiger partial charge < -0.3 is 0 Å². The Morgan fingerprint density at radius 2 is 1.83 bits per heavy atom. The molecule has 1 heterocycles. The number of rotatable bonds is 3. The van der Waals surface area contributed by atoms with Crippen molar-refractivity contribution >= 4 is 31.7 Å². The molecule has 1 N–H and O–H groups in total. The quantitative estimate of drug-likeness (QED) is 0.732. The van der Waals surface area contributed by atoms with Gasteiger partial charge in [-0.25, -0.2) is 17.2 Å². The van der Waals surface area contributed by atoms with E-state index in [9.17, 15) is 25.6 Å². The van der Waals surface area contributed by atoms with Crippen LogP contribution in [-0.2, 0) is 29.1 Å². The minimum atomic E-state index is -4.21. The van der Waals surface area contributed by atoms with E-state index in [1.54, 1.807) is 0 Å². The highest BCUT2D eigenvalue weighted by Crippen LogP contribution is 2.50. The van der Waals surface area contributed by atoms with Crippen molar-refractivity contribution in [2.24, 2.45) is 5.92 Å². The summed E-state index contributed by atoms with van der Waals surface area (Å²) in [5.74, 6) is -2.14. The lowest BCUT2D eigenvalue weighted by Crippen LogP contribution is -2.55. The lowest BCUT2D eigenvalue weighted by atomic mass is 9.74. The fourth-order valence-electron chi connectivity index (χ4n) is 4.34. The Morgan fingerprint density at radius 3 is 2.53 bits per heavy atom. The first kappa shape index (κ1) is 21.6. The Labute approximate surface area is 178 Å². The maximum absolute atomic E-state index is 14.9. The molecule has 1 saturated heterocycles. The molecule has 1 saturated carbocycles. The molecule has 11 heteroatoms. The molecular formula is C19H18ClF2NO5S2.